The van der Waals surface area contributed by atoms with E-state index in [1.54, 1.807) is 12.4 Å². The monoisotopic (exact) mass is 290 g/mol. The first-order valence-electron chi connectivity index (χ1n) is 7.46. The van der Waals surface area contributed by atoms with Crippen LogP contribution in [-0.4, -0.2) is 22.0 Å². The maximum absolute atomic E-state index is 12.4. The van der Waals surface area contributed by atoms with Crippen LogP contribution < -0.4 is 5.32 Å². The second-order valence-electron chi connectivity index (χ2n) is 5.81. The fraction of sp³-hybridized carbons (Fsp3) is 0.562. The molecule has 1 aliphatic rings. The van der Waals surface area contributed by atoms with E-state index >= 15 is 0 Å². The van der Waals surface area contributed by atoms with Crippen molar-refractivity contribution < 1.29 is 14.7 Å². The molecular weight excluding hydrogens is 268 g/mol. The third-order valence-electron chi connectivity index (χ3n) is 4.46. The van der Waals surface area contributed by atoms with Gasteiger partial charge in [0.1, 0.15) is 0 Å². The van der Waals surface area contributed by atoms with Gasteiger partial charge in [0.15, 0.2) is 0 Å². The zero-order valence-corrected chi connectivity index (χ0v) is 12.5. The van der Waals surface area contributed by atoms with Crippen LogP contribution in [0.25, 0.3) is 0 Å². The predicted octanol–water partition coefficient (Wildman–Crippen LogP) is 2.40. The quantitative estimate of drug-likeness (QED) is 0.872. The molecule has 4 atom stereocenters. The van der Waals surface area contributed by atoms with E-state index in [1.807, 2.05) is 26.0 Å². The van der Waals surface area contributed by atoms with Crippen molar-refractivity contribution in [3.05, 3.63) is 30.1 Å². The van der Waals surface area contributed by atoms with Crippen LogP contribution in [0.4, 0.5) is 0 Å². The molecule has 1 heterocycles. The molecule has 0 aliphatic heterocycles. The topological polar surface area (TPSA) is 79.3 Å². The van der Waals surface area contributed by atoms with Gasteiger partial charge in [0, 0.05) is 12.4 Å². The van der Waals surface area contributed by atoms with Crippen molar-refractivity contribution in [1.82, 2.24) is 10.3 Å². The number of pyridine rings is 1. The van der Waals surface area contributed by atoms with E-state index in [1.165, 1.54) is 0 Å². The Morgan fingerprint density at radius 1 is 1.33 bits per heavy atom. The molecule has 114 valence electrons. The van der Waals surface area contributed by atoms with E-state index in [9.17, 15) is 14.7 Å². The first-order valence-corrected chi connectivity index (χ1v) is 7.46. The highest BCUT2D eigenvalue weighted by Gasteiger charge is 2.42. The van der Waals surface area contributed by atoms with Gasteiger partial charge in [-0.3, -0.25) is 14.6 Å². The molecule has 1 aromatic rings. The summed E-state index contributed by atoms with van der Waals surface area (Å²) in [5, 5.41) is 12.2. The molecule has 21 heavy (non-hydrogen) atoms. The van der Waals surface area contributed by atoms with Crippen molar-refractivity contribution in [3.8, 4) is 0 Å². The summed E-state index contributed by atoms with van der Waals surface area (Å²) in [6, 6.07) is 3.56. The summed E-state index contributed by atoms with van der Waals surface area (Å²) >= 11 is 0. The van der Waals surface area contributed by atoms with Crippen LogP contribution in [0.2, 0.25) is 0 Å². The average molecular weight is 290 g/mol. The molecule has 1 unspecified atom stereocenters. The summed E-state index contributed by atoms with van der Waals surface area (Å²) in [7, 11) is 0. The maximum atomic E-state index is 12.4. The lowest BCUT2D eigenvalue weighted by molar-refractivity contribution is -0.146. The first-order chi connectivity index (χ1) is 10.0. The van der Waals surface area contributed by atoms with Crippen molar-refractivity contribution in [2.24, 2.45) is 17.8 Å². The van der Waals surface area contributed by atoms with Crippen LogP contribution in [0.5, 0.6) is 0 Å². The lowest BCUT2D eigenvalue weighted by Crippen LogP contribution is -2.36. The minimum absolute atomic E-state index is 0.143. The van der Waals surface area contributed by atoms with Crippen molar-refractivity contribution in [3.63, 3.8) is 0 Å². The number of aromatic nitrogens is 1. The van der Waals surface area contributed by atoms with E-state index in [0.29, 0.717) is 18.8 Å². The normalized spacial score (nSPS) is 26.3. The number of nitrogens with zero attached hydrogens (tertiary/aromatic N) is 1. The molecule has 1 saturated carbocycles. The summed E-state index contributed by atoms with van der Waals surface area (Å²) < 4.78 is 0. The Kier molecular flexibility index (Phi) is 4.94. The Morgan fingerprint density at radius 2 is 1.95 bits per heavy atom. The number of carbonyl (C=O) groups excluding carboxylic acids is 1. The van der Waals surface area contributed by atoms with Gasteiger partial charge >= 0.3 is 5.97 Å². The molecule has 5 heteroatoms. The first kappa shape index (κ1) is 15.5. The maximum Gasteiger partial charge on any atom is 0.307 e. The molecule has 0 bridgehead atoms. The number of aliphatic carboxylic acids is 1. The number of nitrogens with one attached hydrogen (secondary N) is 1. The number of carboxylic acid groups (broad SMARTS) is 1. The number of rotatable bonds is 5. The minimum atomic E-state index is -0.859. The van der Waals surface area contributed by atoms with E-state index in [4.69, 9.17) is 0 Å². The van der Waals surface area contributed by atoms with E-state index < -0.39 is 17.8 Å². The number of amides is 1. The van der Waals surface area contributed by atoms with E-state index in [0.717, 1.165) is 12.0 Å². The molecular formula is C16H22N2O3. The third kappa shape index (κ3) is 3.60. The fourth-order valence-corrected chi connectivity index (χ4v) is 3.09. The van der Waals surface area contributed by atoms with Gasteiger partial charge < -0.3 is 10.4 Å². The largest absolute Gasteiger partial charge is 0.481 e. The second kappa shape index (κ2) is 6.70. The standard InChI is InChI=1S/C16H22N2O3/c1-3-11-8-13(14(9-11)16(20)21)15(19)18-10(2)12-4-6-17-7-5-12/h4-7,10-11,13-14H,3,8-9H2,1-2H3,(H,18,19)(H,20,21)/t10-,11?,13-,14+/m0/s1. The summed E-state index contributed by atoms with van der Waals surface area (Å²) in [6.45, 7) is 3.94. The number of hydrogen-bond donors (Lipinski definition) is 2. The lowest BCUT2D eigenvalue weighted by atomic mass is 9.95. The van der Waals surface area contributed by atoms with Crippen LogP contribution in [0.1, 0.15) is 44.7 Å². The zero-order valence-electron chi connectivity index (χ0n) is 12.5. The molecule has 5 nitrogen and oxygen atoms in total. The van der Waals surface area contributed by atoms with E-state index in [-0.39, 0.29) is 11.9 Å². The molecule has 0 spiro atoms. The smallest absolute Gasteiger partial charge is 0.307 e. The number of carbonyl (C=O) groups is 2. The number of hydrogen-bond acceptors (Lipinski definition) is 3. The molecule has 1 aromatic heterocycles. The van der Waals surface area contributed by atoms with Crippen LogP contribution in [0, 0.1) is 17.8 Å². The van der Waals surface area contributed by atoms with Crippen molar-refractivity contribution in [2.75, 3.05) is 0 Å². The SMILES string of the molecule is CCC1C[C@H](C(=O)N[C@@H](C)c2ccncc2)[C@H](C(=O)O)C1. The molecule has 2 rings (SSSR count). The molecule has 0 radical (unpaired) electrons. The highest BCUT2D eigenvalue weighted by molar-refractivity contribution is 5.85. The second-order valence-corrected chi connectivity index (χ2v) is 5.81. The van der Waals surface area contributed by atoms with Gasteiger partial charge in [0.2, 0.25) is 5.91 Å². The zero-order chi connectivity index (χ0) is 15.4. The molecule has 1 fully saturated rings. The predicted molar refractivity (Wildman–Crippen MR) is 78.4 cm³/mol. The van der Waals surface area contributed by atoms with Crippen molar-refractivity contribution in [1.29, 1.82) is 0 Å². The molecule has 1 amide bonds. The fourth-order valence-electron chi connectivity index (χ4n) is 3.09. The third-order valence-corrected chi connectivity index (χ3v) is 4.46. The highest BCUT2D eigenvalue weighted by atomic mass is 16.4. The Balaban J connectivity index is 2.03. The molecule has 0 saturated heterocycles. The summed E-state index contributed by atoms with van der Waals surface area (Å²) in [6.07, 6.45) is 5.56. The van der Waals surface area contributed by atoms with Gasteiger partial charge in [-0.2, -0.15) is 0 Å². The van der Waals surface area contributed by atoms with Crippen LogP contribution in [0.3, 0.4) is 0 Å². The lowest BCUT2D eigenvalue weighted by Gasteiger charge is -2.20. The average Bonchev–Trinajstić information content (AvgIpc) is 2.92. The van der Waals surface area contributed by atoms with Crippen LogP contribution in [0.15, 0.2) is 24.5 Å². The minimum Gasteiger partial charge on any atom is -0.481 e. The summed E-state index contributed by atoms with van der Waals surface area (Å²) in [5.74, 6) is -1.65. The van der Waals surface area contributed by atoms with Gasteiger partial charge in [-0.15, -0.1) is 0 Å². The highest BCUT2D eigenvalue weighted by Crippen LogP contribution is 2.38. The van der Waals surface area contributed by atoms with Gasteiger partial charge in [-0.05, 0) is 43.4 Å². The Morgan fingerprint density at radius 3 is 2.52 bits per heavy atom. The molecule has 1 aliphatic carbocycles. The Labute approximate surface area is 124 Å². The van der Waals surface area contributed by atoms with Gasteiger partial charge in [0.25, 0.3) is 0 Å². The van der Waals surface area contributed by atoms with E-state index in [2.05, 4.69) is 10.3 Å². The number of carboxylic acids is 1. The molecule has 2 N–H and O–H groups in total. The van der Waals surface area contributed by atoms with Gasteiger partial charge in [-0.1, -0.05) is 13.3 Å². The van der Waals surface area contributed by atoms with Gasteiger partial charge in [-0.25, -0.2) is 0 Å². The summed E-state index contributed by atoms with van der Waals surface area (Å²) in [5.41, 5.74) is 0.968. The van der Waals surface area contributed by atoms with Crippen LogP contribution >= 0.6 is 0 Å². The summed E-state index contributed by atoms with van der Waals surface area (Å²) in [4.78, 5) is 27.7. The Bertz CT molecular complexity index is 504. The molecule has 0 aromatic carbocycles. The Hall–Kier alpha value is -1.91. The van der Waals surface area contributed by atoms with Crippen molar-refractivity contribution in [2.45, 2.75) is 39.2 Å². The van der Waals surface area contributed by atoms with Crippen molar-refractivity contribution >= 4 is 11.9 Å². The van der Waals surface area contributed by atoms with Gasteiger partial charge in [0.05, 0.1) is 17.9 Å². The van der Waals surface area contributed by atoms with Crippen LogP contribution in [-0.2, 0) is 9.59 Å².